The van der Waals surface area contributed by atoms with Crippen LogP contribution in [0.4, 0.5) is 0 Å². The summed E-state index contributed by atoms with van der Waals surface area (Å²) in [7, 11) is 0. The summed E-state index contributed by atoms with van der Waals surface area (Å²) in [5, 5.41) is 3.80. The summed E-state index contributed by atoms with van der Waals surface area (Å²) in [6, 6.07) is 9.76. The summed E-state index contributed by atoms with van der Waals surface area (Å²) < 4.78 is 0. The van der Waals surface area contributed by atoms with Gasteiger partial charge in [0, 0.05) is 6.04 Å². The van der Waals surface area contributed by atoms with Gasteiger partial charge in [-0.2, -0.15) is 0 Å². The third-order valence-electron chi connectivity index (χ3n) is 5.06. The van der Waals surface area contributed by atoms with Gasteiger partial charge in [0.2, 0.25) is 0 Å². The third kappa shape index (κ3) is 3.02. The van der Waals surface area contributed by atoms with Crippen LogP contribution in [-0.2, 0) is 6.42 Å². The largest absolute Gasteiger partial charge is 0.314 e. The van der Waals surface area contributed by atoms with Gasteiger partial charge >= 0.3 is 0 Å². The Bertz CT molecular complexity index is 408. The number of hydrogen-bond acceptors (Lipinski definition) is 1. The van der Waals surface area contributed by atoms with Gasteiger partial charge in [-0.05, 0) is 55.2 Å². The molecule has 1 heteroatoms. The van der Waals surface area contributed by atoms with Crippen LogP contribution in [0.25, 0.3) is 0 Å². The Labute approximate surface area is 117 Å². The van der Waals surface area contributed by atoms with Crippen molar-refractivity contribution in [3.63, 3.8) is 0 Å². The molecule has 0 aromatic heterocycles. The summed E-state index contributed by atoms with van der Waals surface area (Å²) >= 11 is 0. The molecule has 2 aliphatic carbocycles. The van der Waals surface area contributed by atoms with Crippen LogP contribution < -0.4 is 5.32 Å². The van der Waals surface area contributed by atoms with E-state index in [4.69, 9.17) is 0 Å². The fourth-order valence-corrected chi connectivity index (χ4v) is 3.66. The van der Waals surface area contributed by atoms with E-state index in [1.165, 1.54) is 51.5 Å². The van der Waals surface area contributed by atoms with Crippen molar-refractivity contribution in [2.24, 2.45) is 5.92 Å². The van der Waals surface area contributed by atoms with Crippen LogP contribution in [0, 0.1) is 5.92 Å². The highest BCUT2D eigenvalue weighted by Crippen LogP contribution is 2.40. The first-order valence-electron chi connectivity index (χ1n) is 8.18. The third-order valence-corrected chi connectivity index (χ3v) is 5.06. The van der Waals surface area contributed by atoms with E-state index in [1.807, 2.05) is 0 Å². The maximum Gasteiger partial charge on any atom is 0.00756 e. The molecule has 1 fully saturated rings. The predicted molar refractivity (Wildman–Crippen MR) is 81.5 cm³/mol. The molecule has 1 aromatic rings. The molecule has 0 spiro atoms. The van der Waals surface area contributed by atoms with E-state index in [0.717, 1.165) is 17.9 Å². The van der Waals surface area contributed by atoms with Gasteiger partial charge in [0.25, 0.3) is 0 Å². The lowest BCUT2D eigenvalue weighted by Crippen LogP contribution is -2.36. The predicted octanol–water partition coefficient (Wildman–Crippen LogP) is 4.27. The minimum Gasteiger partial charge on any atom is -0.314 e. The first-order chi connectivity index (χ1) is 9.36. The van der Waals surface area contributed by atoms with Crippen LogP contribution >= 0.6 is 0 Å². The van der Waals surface area contributed by atoms with Gasteiger partial charge in [0.15, 0.2) is 0 Å². The van der Waals surface area contributed by atoms with Crippen LogP contribution in [0.15, 0.2) is 24.3 Å². The van der Waals surface area contributed by atoms with Crippen molar-refractivity contribution in [2.75, 3.05) is 6.54 Å². The summed E-state index contributed by atoms with van der Waals surface area (Å²) in [6.45, 7) is 3.46. The highest BCUT2D eigenvalue weighted by atomic mass is 14.9. The van der Waals surface area contributed by atoms with Gasteiger partial charge in [-0.15, -0.1) is 0 Å². The van der Waals surface area contributed by atoms with Crippen molar-refractivity contribution in [3.05, 3.63) is 35.4 Å². The molecule has 19 heavy (non-hydrogen) atoms. The van der Waals surface area contributed by atoms with Gasteiger partial charge in [-0.1, -0.05) is 50.5 Å². The Morgan fingerprint density at radius 3 is 2.74 bits per heavy atom. The fraction of sp³-hybridized carbons (Fsp3) is 0.667. The second-order valence-corrected chi connectivity index (χ2v) is 6.52. The molecular formula is C18H27N. The Balaban J connectivity index is 1.55. The lowest BCUT2D eigenvalue weighted by atomic mass is 9.72. The second-order valence-electron chi connectivity index (χ2n) is 6.52. The van der Waals surface area contributed by atoms with E-state index in [2.05, 4.69) is 36.5 Å². The number of hydrogen-bond donors (Lipinski definition) is 1. The smallest absolute Gasteiger partial charge is 0.00756 e. The quantitative estimate of drug-likeness (QED) is 0.769. The Morgan fingerprint density at radius 1 is 1.21 bits per heavy atom. The molecule has 1 aromatic carbocycles. The molecule has 104 valence electrons. The van der Waals surface area contributed by atoms with Crippen molar-refractivity contribution >= 4 is 0 Å². The fourth-order valence-electron chi connectivity index (χ4n) is 3.66. The van der Waals surface area contributed by atoms with E-state index in [1.54, 1.807) is 11.1 Å². The van der Waals surface area contributed by atoms with Crippen LogP contribution in [0.1, 0.15) is 62.5 Å². The molecule has 0 saturated heterocycles. The number of nitrogens with one attached hydrogen (secondary N) is 1. The normalized spacial score (nSPS) is 23.3. The molecule has 3 rings (SSSR count). The second kappa shape index (κ2) is 6.09. The van der Waals surface area contributed by atoms with E-state index >= 15 is 0 Å². The molecular weight excluding hydrogens is 230 g/mol. The van der Waals surface area contributed by atoms with E-state index in [-0.39, 0.29) is 0 Å². The minimum absolute atomic E-state index is 0.753. The standard InChI is InChI=1S/C18H27N/c1-2-10-19-17(11-14-6-5-7-14)13-16-12-15-8-3-4-9-18(15)16/h3-4,8-9,14,16-17,19H,2,5-7,10-13H2,1H3. The van der Waals surface area contributed by atoms with E-state index in [0.29, 0.717) is 0 Å². The van der Waals surface area contributed by atoms with Crippen molar-refractivity contribution < 1.29 is 0 Å². The van der Waals surface area contributed by atoms with Crippen LogP contribution in [0.3, 0.4) is 0 Å². The average molecular weight is 257 g/mol. The zero-order valence-corrected chi connectivity index (χ0v) is 12.2. The Hall–Kier alpha value is -0.820. The molecule has 2 aliphatic rings. The van der Waals surface area contributed by atoms with Crippen molar-refractivity contribution in [2.45, 2.75) is 63.8 Å². The van der Waals surface area contributed by atoms with Crippen LogP contribution in [-0.4, -0.2) is 12.6 Å². The van der Waals surface area contributed by atoms with Gasteiger partial charge in [0.1, 0.15) is 0 Å². The Kier molecular flexibility index (Phi) is 4.22. The van der Waals surface area contributed by atoms with E-state index in [9.17, 15) is 0 Å². The van der Waals surface area contributed by atoms with Crippen molar-refractivity contribution in [1.29, 1.82) is 0 Å². The SMILES string of the molecule is CCCNC(CC1CCC1)CC1Cc2ccccc21. The first-order valence-corrected chi connectivity index (χ1v) is 8.18. The van der Waals surface area contributed by atoms with Crippen molar-refractivity contribution in [1.82, 2.24) is 5.32 Å². The Morgan fingerprint density at radius 2 is 2.05 bits per heavy atom. The van der Waals surface area contributed by atoms with Gasteiger partial charge in [-0.3, -0.25) is 0 Å². The highest BCUT2D eigenvalue weighted by molar-refractivity contribution is 5.39. The first kappa shape index (κ1) is 13.2. The molecule has 1 nitrogen and oxygen atoms in total. The number of fused-ring (bicyclic) bond motifs is 1. The van der Waals surface area contributed by atoms with Gasteiger partial charge < -0.3 is 5.32 Å². The minimum atomic E-state index is 0.753. The molecule has 1 N–H and O–H groups in total. The van der Waals surface area contributed by atoms with E-state index < -0.39 is 0 Å². The number of benzene rings is 1. The summed E-state index contributed by atoms with van der Waals surface area (Å²) in [5.41, 5.74) is 3.21. The highest BCUT2D eigenvalue weighted by Gasteiger charge is 2.29. The molecule has 0 heterocycles. The van der Waals surface area contributed by atoms with Gasteiger partial charge in [-0.25, -0.2) is 0 Å². The molecule has 0 amide bonds. The molecule has 2 unspecified atom stereocenters. The monoisotopic (exact) mass is 257 g/mol. The summed E-state index contributed by atoms with van der Waals surface area (Å²) in [6.07, 6.45) is 9.76. The van der Waals surface area contributed by atoms with Crippen LogP contribution in [0.5, 0.6) is 0 Å². The van der Waals surface area contributed by atoms with Crippen molar-refractivity contribution in [3.8, 4) is 0 Å². The molecule has 0 aliphatic heterocycles. The molecule has 0 bridgehead atoms. The lowest BCUT2D eigenvalue weighted by Gasteiger charge is -2.36. The average Bonchev–Trinajstić information content (AvgIpc) is 2.36. The lowest BCUT2D eigenvalue weighted by molar-refractivity contribution is 0.246. The molecule has 0 radical (unpaired) electrons. The summed E-state index contributed by atoms with van der Waals surface area (Å²) in [4.78, 5) is 0. The number of rotatable bonds is 7. The maximum atomic E-state index is 3.80. The summed E-state index contributed by atoms with van der Waals surface area (Å²) in [5.74, 6) is 1.84. The topological polar surface area (TPSA) is 12.0 Å². The zero-order valence-electron chi connectivity index (χ0n) is 12.2. The molecule has 2 atom stereocenters. The zero-order chi connectivity index (χ0) is 13.1. The van der Waals surface area contributed by atoms with Crippen LogP contribution in [0.2, 0.25) is 0 Å². The molecule has 1 saturated carbocycles. The maximum absolute atomic E-state index is 3.80. The van der Waals surface area contributed by atoms with Gasteiger partial charge in [0.05, 0.1) is 0 Å².